The van der Waals surface area contributed by atoms with E-state index in [-0.39, 0.29) is 22.9 Å². The Kier molecular flexibility index (Phi) is 3.47. The first-order valence-corrected chi connectivity index (χ1v) is 5.61. The summed E-state index contributed by atoms with van der Waals surface area (Å²) in [5.74, 6) is -0.113. The van der Waals surface area contributed by atoms with Crippen LogP contribution in [0, 0.1) is 0 Å². The first kappa shape index (κ1) is 12.4. The molecule has 2 rings (SSSR count). The van der Waals surface area contributed by atoms with Gasteiger partial charge in [0.1, 0.15) is 5.15 Å². The number of pyridine rings is 1. The number of H-pyrrole nitrogens is 1. The summed E-state index contributed by atoms with van der Waals surface area (Å²) in [7, 11) is 0. The number of halogens is 1. The monoisotopic (exact) mass is 267 g/mol. The van der Waals surface area contributed by atoms with Crippen molar-refractivity contribution in [1.29, 1.82) is 0 Å². The van der Waals surface area contributed by atoms with E-state index < -0.39 is 5.97 Å². The van der Waals surface area contributed by atoms with Gasteiger partial charge >= 0.3 is 5.97 Å². The second-order valence-corrected chi connectivity index (χ2v) is 3.75. The molecule has 0 saturated heterocycles. The predicted molar refractivity (Wildman–Crippen MR) is 65.2 cm³/mol. The average Bonchev–Trinajstić information content (AvgIpc) is 2.76. The fourth-order valence-electron chi connectivity index (χ4n) is 1.39. The fraction of sp³-hybridized carbons (Fsp3) is 0.182. The molecule has 0 bridgehead atoms. The van der Waals surface area contributed by atoms with Crippen LogP contribution in [0.4, 0.5) is 0 Å². The van der Waals surface area contributed by atoms with Gasteiger partial charge in [-0.3, -0.25) is 9.89 Å². The summed E-state index contributed by atoms with van der Waals surface area (Å²) >= 11 is 5.90. The Labute approximate surface area is 107 Å². The topological polar surface area (TPSA) is 77.0 Å². The van der Waals surface area contributed by atoms with E-state index in [1.165, 1.54) is 23.0 Å². The zero-order valence-electron chi connectivity index (χ0n) is 9.51. The van der Waals surface area contributed by atoms with Crippen molar-refractivity contribution in [3.8, 4) is 5.82 Å². The lowest BCUT2D eigenvalue weighted by Crippen LogP contribution is -2.09. The van der Waals surface area contributed by atoms with Crippen LogP contribution in [0.1, 0.15) is 17.3 Å². The van der Waals surface area contributed by atoms with E-state index in [0.29, 0.717) is 5.82 Å². The van der Waals surface area contributed by atoms with E-state index in [9.17, 15) is 9.59 Å². The van der Waals surface area contributed by atoms with Crippen molar-refractivity contribution < 1.29 is 9.53 Å². The third-order valence-electron chi connectivity index (χ3n) is 2.18. The van der Waals surface area contributed by atoms with Crippen molar-refractivity contribution in [2.45, 2.75) is 6.92 Å². The molecule has 0 spiro atoms. The van der Waals surface area contributed by atoms with Gasteiger partial charge in [0.2, 0.25) is 0 Å². The van der Waals surface area contributed by atoms with Gasteiger partial charge in [0, 0.05) is 12.3 Å². The van der Waals surface area contributed by atoms with E-state index in [2.05, 4.69) is 10.1 Å². The van der Waals surface area contributed by atoms with E-state index in [1.54, 1.807) is 13.0 Å². The first-order valence-electron chi connectivity index (χ1n) is 5.23. The maximum Gasteiger partial charge on any atom is 0.341 e. The highest BCUT2D eigenvalue weighted by molar-refractivity contribution is 6.32. The summed E-state index contributed by atoms with van der Waals surface area (Å²) in [6.45, 7) is 1.97. The van der Waals surface area contributed by atoms with Crippen LogP contribution in [0.2, 0.25) is 5.15 Å². The van der Waals surface area contributed by atoms with Gasteiger partial charge in [0.05, 0.1) is 12.2 Å². The average molecular weight is 268 g/mol. The number of carbonyl (C=O) groups excluding carboxylic acids is 1. The Morgan fingerprint density at radius 1 is 1.50 bits per heavy atom. The summed E-state index contributed by atoms with van der Waals surface area (Å²) in [6.07, 6.45) is 1.52. The van der Waals surface area contributed by atoms with Crippen molar-refractivity contribution in [3.05, 3.63) is 45.5 Å². The number of hydrogen-bond acceptors (Lipinski definition) is 4. The van der Waals surface area contributed by atoms with Crippen LogP contribution in [0.5, 0.6) is 0 Å². The number of hydrogen-bond donors (Lipinski definition) is 1. The lowest BCUT2D eigenvalue weighted by molar-refractivity contribution is 0.0526. The maximum atomic E-state index is 11.5. The van der Waals surface area contributed by atoms with Crippen molar-refractivity contribution in [2.24, 2.45) is 0 Å². The lowest BCUT2D eigenvalue weighted by atomic mass is 10.3. The van der Waals surface area contributed by atoms with Gasteiger partial charge in [-0.25, -0.2) is 14.5 Å². The molecule has 0 amide bonds. The molecule has 0 atom stereocenters. The van der Waals surface area contributed by atoms with Crippen molar-refractivity contribution >= 4 is 17.6 Å². The minimum absolute atomic E-state index is 0.0282. The van der Waals surface area contributed by atoms with Crippen molar-refractivity contribution in [2.75, 3.05) is 6.61 Å². The van der Waals surface area contributed by atoms with Gasteiger partial charge < -0.3 is 4.74 Å². The Balaban J connectivity index is 2.36. The third kappa shape index (κ3) is 2.43. The van der Waals surface area contributed by atoms with Gasteiger partial charge in [-0.05, 0) is 19.1 Å². The first-order chi connectivity index (χ1) is 8.61. The highest BCUT2D eigenvalue weighted by atomic mass is 35.5. The molecule has 0 radical (unpaired) electrons. The molecule has 0 fully saturated rings. The molecule has 18 heavy (non-hydrogen) atoms. The second kappa shape index (κ2) is 5.05. The summed E-state index contributed by atoms with van der Waals surface area (Å²) < 4.78 is 6.24. The molecule has 0 saturated carbocycles. The molecule has 2 aromatic heterocycles. The minimum atomic E-state index is -0.525. The molecular weight excluding hydrogens is 258 g/mol. The van der Waals surface area contributed by atoms with Crippen molar-refractivity contribution in [3.63, 3.8) is 0 Å². The Bertz CT molecular complexity index is 632. The number of esters is 1. The number of rotatable bonds is 3. The Morgan fingerprint density at radius 3 is 2.83 bits per heavy atom. The van der Waals surface area contributed by atoms with E-state index in [1.807, 2.05) is 0 Å². The molecule has 7 heteroatoms. The molecule has 1 N–H and O–H groups in total. The van der Waals surface area contributed by atoms with Crippen molar-refractivity contribution in [1.82, 2.24) is 14.8 Å². The van der Waals surface area contributed by atoms with Crippen LogP contribution in [-0.4, -0.2) is 27.3 Å². The zero-order valence-corrected chi connectivity index (χ0v) is 10.3. The zero-order chi connectivity index (χ0) is 13.1. The van der Waals surface area contributed by atoms with Gasteiger partial charge in [-0.1, -0.05) is 11.6 Å². The molecule has 2 aromatic rings. The molecule has 0 unspecified atom stereocenters. The summed E-state index contributed by atoms with van der Waals surface area (Å²) in [4.78, 5) is 26.5. The van der Waals surface area contributed by atoms with Gasteiger partial charge in [-0.2, -0.15) is 0 Å². The van der Waals surface area contributed by atoms with Gasteiger partial charge in [0.15, 0.2) is 5.82 Å². The van der Waals surface area contributed by atoms with Crippen LogP contribution in [0.3, 0.4) is 0 Å². The minimum Gasteiger partial charge on any atom is -0.462 e. The molecule has 0 aliphatic rings. The molecule has 6 nitrogen and oxygen atoms in total. The molecule has 0 aliphatic carbocycles. The SMILES string of the molecule is CCOC(=O)c1ccc(-n2ccc(=O)[nH]2)nc1Cl. The van der Waals surface area contributed by atoms with E-state index >= 15 is 0 Å². The largest absolute Gasteiger partial charge is 0.462 e. The molecule has 0 aliphatic heterocycles. The second-order valence-electron chi connectivity index (χ2n) is 3.39. The number of nitrogens with one attached hydrogen (secondary N) is 1. The van der Waals surface area contributed by atoms with Crippen LogP contribution in [0.15, 0.2) is 29.2 Å². The highest BCUT2D eigenvalue weighted by Crippen LogP contribution is 2.16. The number of aromatic nitrogens is 3. The Morgan fingerprint density at radius 2 is 2.28 bits per heavy atom. The van der Waals surface area contributed by atoms with Crippen LogP contribution < -0.4 is 5.56 Å². The van der Waals surface area contributed by atoms with Gasteiger partial charge in [-0.15, -0.1) is 0 Å². The lowest BCUT2D eigenvalue weighted by Gasteiger charge is -2.06. The van der Waals surface area contributed by atoms with Crippen LogP contribution >= 0.6 is 11.6 Å². The molecular formula is C11H10ClN3O3. The van der Waals surface area contributed by atoms with Gasteiger partial charge in [0.25, 0.3) is 5.56 Å². The smallest absolute Gasteiger partial charge is 0.341 e. The molecule has 0 aromatic carbocycles. The molecule has 2 heterocycles. The fourth-order valence-corrected chi connectivity index (χ4v) is 1.62. The normalized spacial score (nSPS) is 10.3. The maximum absolute atomic E-state index is 11.5. The quantitative estimate of drug-likeness (QED) is 0.673. The van der Waals surface area contributed by atoms with E-state index in [4.69, 9.17) is 16.3 Å². The summed E-state index contributed by atoms with van der Waals surface area (Å²) in [6, 6.07) is 4.42. The third-order valence-corrected chi connectivity index (χ3v) is 2.47. The molecule has 94 valence electrons. The number of nitrogens with zero attached hydrogens (tertiary/aromatic N) is 2. The summed E-state index contributed by atoms with van der Waals surface area (Å²) in [5.41, 5.74) is -0.0563. The highest BCUT2D eigenvalue weighted by Gasteiger charge is 2.13. The number of aromatic amines is 1. The Hall–Kier alpha value is -2.08. The predicted octanol–water partition coefficient (Wildman–Crippen LogP) is 1.39. The number of carbonyl (C=O) groups is 1. The summed E-state index contributed by atoms with van der Waals surface area (Å²) in [5, 5.41) is 2.55. The number of ether oxygens (including phenoxy) is 1. The standard InChI is InChI=1S/C11H10ClN3O3/c1-2-18-11(17)7-3-4-8(13-10(7)12)15-6-5-9(16)14-15/h3-6H,2H2,1H3,(H,14,16). The van der Waals surface area contributed by atoms with Crippen LogP contribution in [0.25, 0.3) is 5.82 Å². The van der Waals surface area contributed by atoms with E-state index in [0.717, 1.165) is 0 Å². The van der Waals surface area contributed by atoms with Crippen LogP contribution in [-0.2, 0) is 4.74 Å².